The molecule has 1 aliphatic heterocycles. The molecule has 3 aromatic rings. The van der Waals surface area contributed by atoms with Crippen LogP contribution in [0.25, 0.3) is 0 Å². The summed E-state index contributed by atoms with van der Waals surface area (Å²) in [4.78, 5) is 14.2. The third-order valence-electron chi connectivity index (χ3n) is 5.32. The van der Waals surface area contributed by atoms with Crippen molar-refractivity contribution in [2.24, 2.45) is 0 Å². The SMILES string of the molecule is Cc1cccc(CNc2nc(C)cc(N3CCN(Cc4ccccc4)CC3)n2)c1. The number of nitrogens with zero attached hydrogens (tertiary/aromatic N) is 4. The Hall–Kier alpha value is -2.92. The largest absolute Gasteiger partial charge is 0.354 e. The number of anilines is 2. The second-order valence-electron chi connectivity index (χ2n) is 7.78. The van der Waals surface area contributed by atoms with Crippen molar-refractivity contribution in [3.8, 4) is 0 Å². The van der Waals surface area contributed by atoms with Gasteiger partial charge in [-0.05, 0) is 25.0 Å². The van der Waals surface area contributed by atoms with Crippen LogP contribution in [0.2, 0.25) is 0 Å². The fourth-order valence-electron chi connectivity index (χ4n) is 3.77. The van der Waals surface area contributed by atoms with Crippen LogP contribution in [0, 0.1) is 13.8 Å². The van der Waals surface area contributed by atoms with Crippen molar-refractivity contribution < 1.29 is 0 Å². The van der Waals surface area contributed by atoms with E-state index in [4.69, 9.17) is 4.98 Å². The summed E-state index contributed by atoms with van der Waals surface area (Å²) < 4.78 is 0. The Morgan fingerprint density at radius 3 is 2.34 bits per heavy atom. The van der Waals surface area contributed by atoms with Crippen LogP contribution in [-0.2, 0) is 13.1 Å². The van der Waals surface area contributed by atoms with E-state index in [0.717, 1.165) is 50.8 Å². The van der Waals surface area contributed by atoms with Crippen LogP contribution in [0.5, 0.6) is 0 Å². The number of aromatic nitrogens is 2. The summed E-state index contributed by atoms with van der Waals surface area (Å²) in [7, 11) is 0. The van der Waals surface area contributed by atoms with Crippen molar-refractivity contribution in [2.75, 3.05) is 36.4 Å². The van der Waals surface area contributed by atoms with E-state index in [2.05, 4.69) is 87.7 Å². The molecule has 5 nitrogen and oxygen atoms in total. The zero-order valence-corrected chi connectivity index (χ0v) is 17.3. The lowest BCUT2D eigenvalue weighted by molar-refractivity contribution is 0.249. The zero-order valence-electron chi connectivity index (χ0n) is 17.3. The van der Waals surface area contributed by atoms with E-state index in [0.29, 0.717) is 5.95 Å². The highest BCUT2D eigenvalue weighted by Crippen LogP contribution is 2.18. The van der Waals surface area contributed by atoms with Gasteiger partial charge in [0.15, 0.2) is 0 Å². The highest BCUT2D eigenvalue weighted by Gasteiger charge is 2.19. The Bertz CT molecular complexity index is 933. The highest BCUT2D eigenvalue weighted by atomic mass is 15.3. The summed E-state index contributed by atoms with van der Waals surface area (Å²) in [6.07, 6.45) is 0. The van der Waals surface area contributed by atoms with Crippen LogP contribution < -0.4 is 10.2 Å². The number of benzene rings is 2. The molecule has 0 unspecified atom stereocenters. The molecule has 0 saturated carbocycles. The van der Waals surface area contributed by atoms with Crippen molar-refractivity contribution in [3.63, 3.8) is 0 Å². The van der Waals surface area contributed by atoms with Gasteiger partial charge < -0.3 is 10.2 Å². The zero-order chi connectivity index (χ0) is 20.1. The minimum absolute atomic E-state index is 0.702. The number of nitrogens with one attached hydrogen (secondary N) is 1. The van der Waals surface area contributed by atoms with Crippen LogP contribution >= 0.6 is 0 Å². The molecule has 0 aliphatic carbocycles. The number of hydrogen-bond acceptors (Lipinski definition) is 5. The van der Waals surface area contributed by atoms with Crippen LogP contribution in [0.4, 0.5) is 11.8 Å². The minimum Gasteiger partial charge on any atom is -0.354 e. The molecule has 0 amide bonds. The summed E-state index contributed by atoms with van der Waals surface area (Å²) in [5, 5.41) is 3.39. The fourth-order valence-corrected chi connectivity index (χ4v) is 3.77. The summed E-state index contributed by atoms with van der Waals surface area (Å²) >= 11 is 0. The van der Waals surface area contributed by atoms with Gasteiger partial charge in [0.1, 0.15) is 5.82 Å². The van der Waals surface area contributed by atoms with Crippen molar-refractivity contribution >= 4 is 11.8 Å². The van der Waals surface area contributed by atoms with Crippen LogP contribution in [0.1, 0.15) is 22.4 Å². The standard InChI is InChI=1S/C24H29N5/c1-19-7-6-10-22(15-19)17-25-24-26-20(2)16-23(27-24)29-13-11-28(12-14-29)18-21-8-4-3-5-9-21/h3-10,15-16H,11-14,17-18H2,1-2H3,(H,25,26,27). The van der Waals surface area contributed by atoms with E-state index in [1.165, 1.54) is 16.7 Å². The van der Waals surface area contributed by atoms with E-state index in [-0.39, 0.29) is 0 Å². The molecule has 0 bridgehead atoms. The van der Waals surface area contributed by atoms with Crippen molar-refractivity contribution in [1.82, 2.24) is 14.9 Å². The lowest BCUT2D eigenvalue weighted by Gasteiger charge is -2.35. The molecule has 0 radical (unpaired) electrons. The van der Waals surface area contributed by atoms with Gasteiger partial charge in [0.2, 0.25) is 5.95 Å². The second kappa shape index (κ2) is 9.05. The Morgan fingerprint density at radius 2 is 1.59 bits per heavy atom. The van der Waals surface area contributed by atoms with E-state index < -0.39 is 0 Å². The molecule has 2 heterocycles. The number of hydrogen-bond donors (Lipinski definition) is 1. The lowest BCUT2D eigenvalue weighted by Crippen LogP contribution is -2.46. The van der Waals surface area contributed by atoms with Gasteiger partial charge in [-0.2, -0.15) is 4.98 Å². The van der Waals surface area contributed by atoms with Gasteiger partial charge in [-0.15, -0.1) is 0 Å². The maximum absolute atomic E-state index is 4.79. The van der Waals surface area contributed by atoms with E-state index >= 15 is 0 Å². The maximum Gasteiger partial charge on any atom is 0.225 e. The fraction of sp³-hybridized carbons (Fsp3) is 0.333. The van der Waals surface area contributed by atoms with Crippen LogP contribution in [0.15, 0.2) is 60.7 Å². The molecule has 2 aromatic carbocycles. The first-order valence-corrected chi connectivity index (χ1v) is 10.3. The molecule has 150 valence electrons. The molecule has 1 fully saturated rings. The normalized spacial score (nSPS) is 14.8. The quantitative estimate of drug-likeness (QED) is 0.692. The molecule has 1 aromatic heterocycles. The van der Waals surface area contributed by atoms with Gasteiger partial charge in [-0.3, -0.25) is 4.90 Å². The molecule has 1 N–H and O–H groups in total. The van der Waals surface area contributed by atoms with Gasteiger partial charge in [0, 0.05) is 51.0 Å². The average molecular weight is 388 g/mol. The van der Waals surface area contributed by atoms with Gasteiger partial charge in [0.25, 0.3) is 0 Å². The summed E-state index contributed by atoms with van der Waals surface area (Å²) in [6, 6.07) is 21.3. The van der Waals surface area contributed by atoms with Gasteiger partial charge >= 0.3 is 0 Å². The third kappa shape index (κ3) is 5.33. The van der Waals surface area contributed by atoms with Crippen molar-refractivity contribution in [3.05, 3.63) is 83.0 Å². The van der Waals surface area contributed by atoms with E-state index in [1.54, 1.807) is 0 Å². The molecule has 1 aliphatic rings. The predicted molar refractivity (Wildman–Crippen MR) is 119 cm³/mol. The van der Waals surface area contributed by atoms with Gasteiger partial charge in [-0.1, -0.05) is 60.2 Å². The molecular weight excluding hydrogens is 358 g/mol. The molecular formula is C24H29N5. The molecule has 1 saturated heterocycles. The predicted octanol–water partition coefficient (Wildman–Crippen LogP) is 4.03. The lowest BCUT2D eigenvalue weighted by atomic mass is 10.1. The molecule has 4 rings (SSSR count). The first-order chi connectivity index (χ1) is 14.2. The molecule has 0 atom stereocenters. The maximum atomic E-state index is 4.79. The molecule has 0 spiro atoms. The summed E-state index contributed by atoms with van der Waals surface area (Å²) in [5.41, 5.74) is 4.88. The Morgan fingerprint density at radius 1 is 0.828 bits per heavy atom. The Balaban J connectivity index is 1.36. The first kappa shape index (κ1) is 19.4. The minimum atomic E-state index is 0.702. The van der Waals surface area contributed by atoms with Crippen molar-refractivity contribution in [1.29, 1.82) is 0 Å². The number of aryl methyl sites for hydroxylation is 2. The van der Waals surface area contributed by atoms with Gasteiger partial charge in [0.05, 0.1) is 0 Å². The monoisotopic (exact) mass is 387 g/mol. The second-order valence-corrected chi connectivity index (χ2v) is 7.78. The topological polar surface area (TPSA) is 44.3 Å². The Kier molecular flexibility index (Phi) is 6.06. The highest BCUT2D eigenvalue weighted by molar-refractivity contribution is 5.45. The number of rotatable bonds is 6. The van der Waals surface area contributed by atoms with Crippen molar-refractivity contribution in [2.45, 2.75) is 26.9 Å². The smallest absolute Gasteiger partial charge is 0.225 e. The van der Waals surface area contributed by atoms with E-state index in [9.17, 15) is 0 Å². The van der Waals surface area contributed by atoms with Crippen LogP contribution in [-0.4, -0.2) is 41.0 Å². The van der Waals surface area contributed by atoms with E-state index in [1.807, 2.05) is 6.92 Å². The molecule has 5 heteroatoms. The molecule has 29 heavy (non-hydrogen) atoms. The average Bonchev–Trinajstić information content (AvgIpc) is 2.73. The van der Waals surface area contributed by atoms with Crippen LogP contribution in [0.3, 0.4) is 0 Å². The summed E-state index contributed by atoms with van der Waals surface area (Å²) in [5.74, 6) is 1.72. The third-order valence-corrected chi connectivity index (χ3v) is 5.32. The number of piperazine rings is 1. The first-order valence-electron chi connectivity index (χ1n) is 10.3. The Labute approximate surface area is 173 Å². The van der Waals surface area contributed by atoms with Gasteiger partial charge in [-0.25, -0.2) is 4.98 Å². The summed E-state index contributed by atoms with van der Waals surface area (Å²) in [6.45, 7) is 9.96.